The first-order valence-corrected chi connectivity index (χ1v) is 13.0. The third-order valence-electron chi connectivity index (χ3n) is 5.47. The Kier molecular flexibility index (Phi) is 9.25. The van der Waals surface area contributed by atoms with Gasteiger partial charge in [0.05, 0.1) is 27.3 Å². The Morgan fingerprint density at radius 3 is 2.11 bits per heavy atom. The largest absolute Gasteiger partial charge is 0.490 e. The molecule has 0 N–H and O–H groups in total. The molecule has 0 saturated heterocycles. The molecule has 4 aromatic rings. The van der Waals surface area contributed by atoms with E-state index in [4.69, 9.17) is 9.47 Å². The van der Waals surface area contributed by atoms with Gasteiger partial charge in [-0.15, -0.1) is 10.2 Å². The predicted molar refractivity (Wildman–Crippen MR) is 151 cm³/mol. The molecule has 0 fully saturated rings. The minimum absolute atomic E-state index is 0.148. The highest BCUT2D eigenvalue weighted by Gasteiger charge is 2.06. The van der Waals surface area contributed by atoms with Crippen LogP contribution < -0.4 is 9.64 Å². The normalized spacial score (nSPS) is 11.3. The van der Waals surface area contributed by atoms with E-state index in [1.807, 2.05) is 54.6 Å². The first-order valence-electron chi connectivity index (χ1n) is 12.2. The molecule has 1 heterocycles. The molecule has 1 aromatic heterocycles. The first-order chi connectivity index (χ1) is 18.6. The molecule has 194 valence electrons. The zero-order valence-electron chi connectivity index (χ0n) is 21.3. The van der Waals surface area contributed by atoms with E-state index in [1.165, 1.54) is 17.0 Å². The van der Waals surface area contributed by atoms with Crippen LogP contribution in [-0.2, 0) is 9.53 Å². The van der Waals surface area contributed by atoms with Crippen LogP contribution in [0.1, 0.15) is 13.8 Å². The number of hydrogen-bond donors (Lipinski definition) is 0. The number of benzene rings is 3. The van der Waals surface area contributed by atoms with Crippen molar-refractivity contribution in [1.82, 2.24) is 4.98 Å². The van der Waals surface area contributed by atoms with E-state index in [-0.39, 0.29) is 13.2 Å². The number of carbonyl (C=O) groups excluding carboxylic acids is 1. The summed E-state index contributed by atoms with van der Waals surface area (Å²) < 4.78 is 11.4. The summed E-state index contributed by atoms with van der Waals surface area (Å²) >= 11 is 1.41. The number of aromatic nitrogens is 1. The zero-order chi connectivity index (χ0) is 26.7. The Morgan fingerprint density at radius 1 is 0.895 bits per heavy atom. The quantitative estimate of drug-likeness (QED) is 0.0800. The average Bonchev–Trinajstić information content (AvgIpc) is 3.37. The second kappa shape index (κ2) is 13.2. The van der Waals surface area contributed by atoms with Crippen molar-refractivity contribution >= 4 is 55.4 Å². The van der Waals surface area contributed by atoms with E-state index in [0.717, 1.165) is 40.8 Å². The molecule has 9 nitrogen and oxygen atoms in total. The molecular formula is C28H28N6O3S. The van der Waals surface area contributed by atoms with Crippen LogP contribution in [0, 0.1) is 0 Å². The molecule has 0 aliphatic carbocycles. The van der Waals surface area contributed by atoms with Crippen molar-refractivity contribution in [3.8, 4) is 5.75 Å². The van der Waals surface area contributed by atoms with E-state index >= 15 is 0 Å². The van der Waals surface area contributed by atoms with Crippen molar-refractivity contribution in [2.75, 3.05) is 31.2 Å². The van der Waals surface area contributed by atoms with Crippen LogP contribution in [0.15, 0.2) is 99.8 Å². The van der Waals surface area contributed by atoms with E-state index < -0.39 is 5.97 Å². The lowest BCUT2D eigenvalue weighted by molar-refractivity contribution is -0.138. The van der Waals surface area contributed by atoms with Crippen molar-refractivity contribution < 1.29 is 14.3 Å². The van der Waals surface area contributed by atoms with Gasteiger partial charge < -0.3 is 14.4 Å². The summed E-state index contributed by atoms with van der Waals surface area (Å²) in [5.74, 6) is 0.182. The average molecular weight is 529 g/mol. The van der Waals surface area contributed by atoms with Gasteiger partial charge in [-0.05, 0) is 80.6 Å². The summed E-state index contributed by atoms with van der Waals surface area (Å²) in [6.45, 7) is 9.96. The Balaban J connectivity index is 1.33. The number of hydrogen-bond acceptors (Lipinski definition) is 10. The highest BCUT2D eigenvalue weighted by atomic mass is 32.1. The second-order valence-corrected chi connectivity index (χ2v) is 8.96. The lowest BCUT2D eigenvalue weighted by atomic mass is 10.2. The fourth-order valence-electron chi connectivity index (χ4n) is 3.51. The topological polar surface area (TPSA) is 101 Å². The number of rotatable bonds is 12. The maximum absolute atomic E-state index is 11.1. The minimum atomic E-state index is -0.475. The van der Waals surface area contributed by atoms with Crippen LogP contribution in [0.3, 0.4) is 0 Å². The maximum Gasteiger partial charge on any atom is 0.330 e. The van der Waals surface area contributed by atoms with Gasteiger partial charge in [-0.1, -0.05) is 17.9 Å². The summed E-state index contributed by atoms with van der Waals surface area (Å²) in [7, 11) is 0. The molecule has 0 atom stereocenters. The van der Waals surface area contributed by atoms with Crippen molar-refractivity contribution in [2.45, 2.75) is 13.8 Å². The van der Waals surface area contributed by atoms with E-state index in [1.54, 1.807) is 0 Å². The first kappa shape index (κ1) is 26.6. The summed E-state index contributed by atoms with van der Waals surface area (Å²) in [5, 5.41) is 17.7. The lowest BCUT2D eigenvalue weighted by Crippen LogP contribution is -2.21. The molecule has 10 heteroatoms. The Morgan fingerprint density at radius 2 is 1.50 bits per heavy atom. The highest BCUT2D eigenvalue weighted by molar-refractivity contribution is 7.21. The van der Waals surface area contributed by atoms with Gasteiger partial charge in [0.1, 0.15) is 19.0 Å². The third-order valence-corrected chi connectivity index (χ3v) is 6.37. The van der Waals surface area contributed by atoms with Crippen LogP contribution in [0.2, 0.25) is 0 Å². The molecule has 0 unspecified atom stereocenters. The molecule has 0 aliphatic heterocycles. The fraction of sp³-hybridized carbons (Fsp3) is 0.214. The molecular weight excluding hydrogens is 500 g/mol. The van der Waals surface area contributed by atoms with Gasteiger partial charge in [-0.25, -0.2) is 9.78 Å². The fourth-order valence-corrected chi connectivity index (χ4v) is 4.32. The second-order valence-electron chi connectivity index (χ2n) is 7.95. The number of esters is 1. The predicted octanol–water partition coefficient (Wildman–Crippen LogP) is 8.08. The summed E-state index contributed by atoms with van der Waals surface area (Å²) in [6.07, 6.45) is 1.12. The lowest BCUT2D eigenvalue weighted by Gasteiger charge is -2.20. The Labute approximate surface area is 225 Å². The van der Waals surface area contributed by atoms with Gasteiger partial charge in [-0.2, -0.15) is 10.2 Å². The van der Waals surface area contributed by atoms with E-state index in [2.05, 4.69) is 62.9 Å². The van der Waals surface area contributed by atoms with Gasteiger partial charge in [-0.3, -0.25) is 0 Å². The van der Waals surface area contributed by atoms with Crippen LogP contribution >= 0.6 is 11.3 Å². The van der Waals surface area contributed by atoms with Gasteiger partial charge in [0.25, 0.3) is 0 Å². The Hall–Kier alpha value is -4.44. The molecule has 0 bridgehead atoms. The molecule has 0 spiro atoms. The van der Waals surface area contributed by atoms with Crippen LogP contribution in [-0.4, -0.2) is 37.3 Å². The van der Waals surface area contributed by atoms with E-state index in [9.17, 15) is 4.79 Å². The number of thiazole rings is 1. The van der Waals surface area contributed by atoms with Crippen molar-refractivity contribution in [1.29, 1.82) is 0 Å². The van der Waals surface area contributed by atoms with Crippen molar-refractivity contribution in [2.24, 2.45) is 20.5 Å². The standard InChI is InChI=1S/C28H28N6O3S/c1-4-27(35)37-18-17-36-24-15-16-25-26(19-24)38-28(29-25)33-32-21-9-7-20(8-10-21)30-31-22-11-13-23(14-12-22)34(5-2)6-3/h4,7-16,19H,1,5-6,17-18H2,2-3H3/b31-30+,33-32+. The number of anilines is 1. The molecule has 38 heavy (non-hydrogen) atoms. The van der Waals surface area contributed by atoms with E-state index in [0.29, 0.717) is 16.6 Å². The maximum atomic E-state index is 11.1. The number of carbonyl (C=O) groups is 1. The minimum Gasteiger partial charge on any atom is -0.490 e. The summed E-state index contributed by atoms with van der Waals surface area (Å²) in [5.41, 5.74) is 4.18. The molecule has 0 radical (unpaired) electrons. The van der Waals surface area contributed by atoms with Crippen molar-refractivity contribution in [3.05, 3.63) is 79.4 Å². The van der Waals surface area contributed by atoms with Crippen LogP contribution in [0.5, 0.6) is 5.75 Å². The van der Waals surface area contributed by atoms with Gasteiger partial charge in [0.2, 0.25) is 5.13 Å². The SMILES string of the molecule is C=CC(=O)OCCOc1ccc2nc(/N=N/c3ccc(/N=N/c4ccc(N(CC)CC)cc4)cc3)sc2c1. The summed E-state index contributed by atoms with van der Waals surface area (Å²) in [6, 6.07) is 20.9. The number of nitrogens with zero attached hydrogens (tertiary/aromatic N) is 6. The number of fused-ring (bicyclic) bond motifs is 1. The number of ether oxygens (including phenoxy) is 2. The zero-order valence-corrected chi connectivity index (χ0v) is 22.1. The van der Waals surface area contributed by atoms with Gasteiger partial charge in [0, 0.05) is 24.9 Å². The van der Waals surface area contributed by atoms with Crippen LogP contribution in [0.25, 0.3) is 10.2 Å². The molecule has 4 rings (SSSR count). The van der Waals surface area contributed by atoms with Gasteiger partial charge >= 0.3 is 5.97 Å². The monoisotopic (exact) mass is 528 g/mol. The Bertz CT molecular complexity index is 1430. The van der Waals surface area contributed by atoms with Crippen molar-refractivity contribution in [3.63, 3.8) is 0 Å². The summed E-state index contributed by atoms with van der Waals surface area (Å²) in [4.78, 5) is 17.8. The third kappa shape index (κ3) is 7.30. The van der Waals surface area contributed by atoms with Gasteiger partial charge in [0.15, 0.2) is 0 Å². The molecule has 0 amide bonds. The molecule has 3 aromatic carbocycles. The molecule has 0 saturated carbocycles. The van der Waals surface area contributed by atoms with Crippen LogP contribution in [0.4, 0.5) is 27.9 Å². The highest BCUT2D eigenvalue weighted by Crippen LogP contribution is 2.32. The smallest absolute Gasteiger partial charge is 0.330 e. The molecule has 0 aliphatic rings. The number of azo groups is 2.